The molecule has 1 aliphatic rings. The van der Waals surface area contributed by atoms with Crippen molar-refractivity contribution in [2.24, 2.45) is 0 Å². The number of rotatable bonds is 6. The van der Waals surface area contributed by atoms with E-state index in [1.165, 1.54) is 0 Å². The Morgan fingerprint density at radius 3 is 2.54 bits per heavy atom. The van der Waals surface area contributed by atoms with Crippen molar-refractivity contribution in [3.05, 3.63) is 29.3 Å². The molecule has 1 aliphatic heterocycles. The largest absolute Gasteiger partial charge is 0.444 e. The molecule has 0 atom stereocenters. The minimum absolute atomic E-state index is 0.361. The summed E-state index contributed by atoms with van der Waals surface area (Å²) in [6, 6.07) is 5.14. The normalized spacial score (nSPS) is 13.3. The summed E-state index contributed by atoms with van der Waals surface area (Å²) in [5.74, 6) is -0.732. The van der Waals surface area contributed by atoms with Crippen molar-refractivity contribution in [1.82, 2.24) is 10.6 Å². The predicted molar refractivity (Wildman–Crippen MR) is 90.2 cm³/mol. The number of carbonyl (C=O) groups excluding carboxylic acids is 3. The van der Waals surface area contributed by atoms with Crippen molar-refractivity contribution in [1.29, 1.82) is 0 Å². The van der Waals surface area contributed by atoms with Gasteiger partial charge in [0.2, 0.25) is 0 Å². The molecule has 2 rings (SSSR count). The third kappa shape index (κ3) is 4.71. The van der Waals surface area contributed by atoms with E-state index in [1.807, 2.05) is 20.8 Å². The van der Waals surface area contributed by atoms with Crippen molar-refractivity contribution < 1.29 is 19.1 Å². The van der Waals surface area contributed by atoms with Gasteiger partial charge in [-0.15, -0.1) is 0 Å². The molecule has 0 radical (unpaired) electrons. The highest BCUT2D eigenvalue weighted by Gasteiger charge is 2.28. The number of nitrogens with one attached hydrogen (secondary N) is 3. The lowest BCUT2D eigenvalue weighted by Gasteiger charge is -2.19. The van der Waals surface area contributed by atoms with Gasteiger partial charge in [0.25, 0.3) is 11.8 Å². The molecule has 0 saturated carbocycles. The van der Waals surface area contributed by atoms with Gasteiger partial charge in [0.15, 0.2) is 0 Å². The standard InChI is InChI=1S/C17H23N3O4/c1-17(2,3)24-16(23)19-10-5-4-9-18-12-8-6-7-11-13(12)15(22)20-14(11)21/h6-8,18H,4-5,9-10H2,1-3H3,(H,19,23)(H,20,21,22). The van der Waals surface area contributed by atoms with Gasteiger partial charge in [0.05, 0.1) is 11.1 Å². The Bertz CT molecular complexity index is 650. The second-order valence-electron chi connectivity index (χ2n) is 6.57. The van der Waals surface area contributed by atoms with E-state index in [0.29, 0.717) is 29.9 Å². The van der Waals surface area contributed by atoms with Gasteiger partial charge in [-0.25, -0.2) is 4.79 Å². The maximum absolute atomic E-state index is 11.8. The van der Waals surface area contributed by atoms with E-state index >= 15 is 0 Å². The average molecular weight is 333 g/mol. The summed E-state index contributed by atoms with van der Waals surface area (Å²) in [7, 11) is 0. The topological polar surface area (TPSA) is 96.5 Å². The van der Waals surface area contributed by atoms with Gasteiger partial charge in [-0.1, -0.05) is 6.07 Å². The van der Waals surface area contributed by atoms with Crippen LogP contribution in [0.15, 0.2) is 18.2 Å². The number of hydrogen-bond acceptors (Lipinski definition) is 5. The molecule has 1 aromatic carbocycles. The Balaban J connectivity index is 1.72. The number of unbranched alkanes of at least 4 members (excludes halogenated alkanes) is 1. The molecule has 3 amide bonds. The number of imide groups is 1. The molecule has 0 fully saturated rings. The minimum atomic E-state index is -0.503. The first-order valence-electron chi connectivity index (χ1n) is 7.97. The third-order valence-corrected chi connectivity index (χ3v) is 3.35. The summed E-state index contributed by atoms with van der Waals surface area (Å²) in [5, 5.41) is 8.15. The maximum atomic E-state index is 11.8. The molecule has 1 aromatic rings. The molecule has 0 aliphatic carbocycles. The average Bonchev–Trinajstić information content (AvgIpc) is 2.76. The predicted octanol–water partition coefficient (Wildman–Crippen LogP) is 2.29. The van der Waals surface area contributed by atoms with Gasteiger partial charge >= 0.3 is 6.09 Å². The lowest BCUT2D eigenvalue weighted by Crippen LogP contribution is -2.33. The van der Waals surface area contributed by atoms with Crippen molar-refractivity contribution in [3.63, 3.8) is 0 Å². The Kier molecular flexibility index (Phi) is 5.43. The molecule has 0 spiro atoms. The summed E-state index contributed by atoms with van der Waals surface area (Å²) in [6.45, 7) is 6.59. The fourth-order valence-corrected chi connectivity index (χ4v) is 2.34. The maximum Gasteiger partial charge on any atom is 0.407 e. The van der Waals surface area contributed by atoms with Crippen LogP contribution in [0.2, 0.25) is 0 Å². The monoisotopic (exact) mass is 333 g/mol. The van der Waals surface area contributed by atoms with Crippen LogP contribution >= 0.6 is 0 Å². The molecule has 7 nitrogen and oxygen atoms in total. The molecule has 24 heavy (non-hydrogen) atoms. The fourth-order valence-electron chi connectivity index (χ4n) is 2.34. The molecular formula is C17H23N3O4. The minimum Gasteiger partial charge on any atom is -0.444 e. The summed E-state index contributed by atoms with van der Waals surface area (Å²) < 4.78 is 5.14. The first kappa shape index (κ1) is 17.8. The third-order valence-electron chi connectivity index (χ3n) is 3.35. The summed E-state index contributed by atoms with van der Waals surface area (Å²) in [5.41, 5.74) is 0.944. The van der Waals surface area contributed by atoms with E-state index in [2.05, 4.69) is 16.0 Å². The van der Waals surface area contributed by atoms with Crippen LogP contribution in [0, 0.1) is 0 Å². The molecule has 1 heterocycles. The quantitative estimate of drug-likeness (QED) is 0.548. The molecule has 0 unspecified atom stereocenters. The number of alkyl carbamates (subject to hydrolysis) is 1. The Labute approximate surface area is 141 Å². The number of amides is 3. The van der Waals surface area contributed by atoms with E-state index in [4.69, 9.17) is 4.74 Å². The molecule has 130 valence electrons. The van der Waals surface area contributed by atoms with Gasteiger partial charge in [0, 0.05) is 18.8 Å². The van der Waals surface area contributed by atoms with Crippen LogP contribution in [-0.2, 0) is 4.74 Å². The molecule has 3 N–H and O–H groups in total. The lowest BCUT2D eigenvalue weighted by atomic mass is 10.1. The second-order valence-corrected chi connectivity index (χ2v) is 6.57. The van der Waals surface area contributed by atoms with Crippen LogP contribution in [0.4, 0.5) is 10.5 Å². The summed E-state index contributed by atoms with van der Waals surface area (Å²) >= 11 is 0. The fraction of sp³-hybridized carbons (Fsp3) is 0.471. The van der Waals surface area contributed by atoms with Gasteiger partial charge in [-0.2, -0.15) is 0 Å². The van der Waals surface area contributed by atoms with Crippen molar-refractivity contribution >= 4 is 23.6 Å². The van der Waals surface area contributed by atoms with Gasteiger partial charge in [-0.05, 0) is 45.7 Å². The van der Waals surface area contributed by atoms with E-state index in [1.54, 1.807) is 18.2 Å². The summed E-state index contributed by atoms with van der Waals surface area (Å²) in [4.78, 5) is 34.9. The number of fused-ring (bicyclic) bond motifs is 1. The van der Waals surface area contributed by atoms with Crippen LogP contribution < -0.4 is 16.0 Å². The van der Waals surface area contributed by atoms with Gasteiger partial charge in [-0.3, -0.25) is 14.9 Å². The number of anilines is 1. The van der Waals surface area contributed by atoms with E-state index < -0.39 is 11.7 Å². The smallest absolute Gasteiger partial charge is 0.407 e. The molecule has 0 aromatic heterocycles. The zero-order valence-electron chi connectivity index (χ0n) is 14.2. The Hall–Kier alpha value is -2.57. The van der Waals surface area contributed by atoms with Crippen LogP contribution in [0.3, 0.4) is 0 Å². The van der Waals surface area contributed by atoms with Gasteiger partial charge in [0.1, 0.15) is 5.60 Å². The highest BCUT2D eigenvalue weighted by Crippen LogP contribution is 2.24. The van der Waals surface area contributed by atoms with Crippen LogP contribution in [-0.4, -0.2) is 36.6 Å². The lowest BCUT2D eigenvalue weighted by molar-refractivity contribution is 0.0526. The first-order valence-corrected chi connectivity index (χ1v) is 7.97. The highest BCUT2D eigenvalue weighted by molar-refractivity contribution is 6.23. The second kappa shape index (κ2) is 7.33. The summed E-state index contributed by atoms with van der Waals surface area (Å²) in [6.07, 6.45) is 1.15. The van der Waals surface area contributed by atoms with E-state index in [9.17, 15) is 14.4 Å². The number of ether oxygens (including phenoxy) is 1. The first-order chi connectivity index (χ1) is 11.3. The highest BCUT2D eigenvalue weighted by atomic mass is 16.6. The molecule has 0 bridgehead atoms. The van der Waals surface area contributed by atoms with Crippen molar-refractivity contribution in [2.45, 2.75) is 39.2 Å². The number of carbonyl (C=O) groups is 3. The Morgan fingerprint density at radius 1 is 1.12 bits per heavy atom. The van der Waals surface area contributed by atoms with Crippen molar-refractivity contribution in [3.8, 4) is 0 Å². The van der Waals surface area contributed by atoms with Crippen LogP contribution in [0.5, 0.6) is 0 Å². The van der Waals surface area contributed by atoms with Gasteiger partial charge < -0.3 is 15.4 Å². The molecule has 7 heteroatoms. The van der Waals surface area contributed by atoms with Crippen molar-refractivity contribution in [2.75, 3.05) is 18.4 Å². The Morgan fingerprint density at radius 2 is 1.83 bits per heavy atom. The zero-order chi connectivity index (χ0) is 17.7. The zero-order valence-corrected chi connectivity index (χ0v) is 14.2. The number of hydrogen-bond donors (Lipinski definition) is 3. The number of benzene rings is 1. The van der Waals surface area contributed by atoms with Crippen LogP contribution in [0.1, 0.15) is 54.3 Å². The van der Waals surface area contributed by atoms with E-state index in [0.717, 1.165) is 12.8 Å². The van der Waals surface area contributed by atoms with E-state index in [-0.39, 0.29) is 11.8 Å². The van der Waals surface area contributed by atoms with Crippen LogP contribution in [0.25, 0.3) is 0 Å². The SMILES string of the molecule is CC(C)(C)OC(=O)NCCCCNc1cccc2c1C(=O)NC2=O. The molecule has 0 saturated heterocycles. The molecular weight excluding hydrogens is 310 g/mol.